The first-order valence-corrected chi connectivity index (χ1v) is 12.9. The monoisotopic (exact) mass is 529 g/mol. The Kier molecular flexibility index (Phi) is 6.24. The van der Waals surface area contributed by atoms with E-state index in [4.69, 9.17) is 19.3 Å². The number of carbonyl (C=O) groups excluding carboxylic acids is 3. The summed E-state index contributed by atoms with van der Waals surface area (Å²) >= 11 is 0.779. The Balaban J connectivity index is 1.28. The van der Waals surface area contributed by atoms with E-state index in [2.05, 4.69) is 23.5 Å². The van der Waals surface area contributed by atoms with Gasteiger partial charge in [0.25, 0.3) is 5.24 Å². The molecule has 3 aliphatic heterocycles. The quantitative estimate of drug-likeness (QED) is 0.365. The molecular formula is C28H23N3O6S. The number of nitrogens with one attached hydrogen (secondary N) is 1. The minimum Gasteiger partial charge on any atom is -0.493 e. The number of methoxy groups -OCH3 is 1. The van der Waals surface area contributed by atoms with E-state index in [9.17, 15) is 14.4 Å². The van der Waals surface area contributed by atoms with Crippen LogP contribution in [0.2, 0.25) is 0 Å². The summed E-state index contributed by atoms with van der Waals surface area (Å²) in [7, 11) is 1.48. The van der Waals surface area contributed by atoms with Gasteiger partial charge in [-0.25, -0.2) is 5.01 Å². The van der Waals surface area contributed by atoms with Gasteiger partial charge in [-0.05, 0) is 29.8 Å². The smallest absolute Gasteiger partial charge is 0.312 e. The highest BCUT2D eigenvalue weighted by Crippen LogP contribution is 2.48. The molecule has 0 unspecified atom stereocenters. The highest BCUT2D eigenvalue weighted by atomic mass is 32.2. The van der Waals surface area contributed by atoms with Crippen LogP contribution in [0.1, 0.15) is 41.8 Å². The fourth-order valence-electron chi connectivity index (χ4n) is 4.82. The van der Waals surface area contributed by atoms with Crippen molar-refractivity contribution < 1.29 is 28.6 Å². The largest absolute Gasteiger partial charge is 0.493 e. The number of imide groups is 1. The molecule has 38 heavy (non-hydrogen) atoms. The summed E-state index contributed by atoms with van der Waals surface area (Å²) in [6.45, 7) is 0. The first-order valence-electron chi connectivity index (χ1n) is 12.1. The molecule has 1 N–H and O–H groups in total. The fourth-order valence-corrected chi connectivity index (χ4v) is 5.63. The van der Waals surface area contributed by atoms with Gasteiger partial charge in [0.05, 0.1) is 25.3 Å². The third-order valence-corrected chi connectivity index (χ3v) is 7.60. The van der Waals surface area contributed by atoms with Crippen molar-refractivity contribution in [2.24, 2.45) is 5.10 Å². The summed E-state index contributed by atoms with van der Waals surface area (Å²) in [6.07, 6.45) is -0.0233. The Labute approximate surface area is 222 Å². The highest BCUT2D eigenvalue weighted by Gasteiger charge is 2.41. The average Bonchev–Trinajstić information content (AvgIpc) is 3.52. The van der Waals surface area contributed by atoms with Crippen LogP contribution in [-0.4, -0.2) is 40.2 Å². The van der Waals surface area contributed by atoms with E-state index in [0.29, 0.717) is 5.75 Å². The Morgan fingerprint density at radius 3 is 2.63 bits per heavy atom. The Hall–Kier alpha value is -4.31. The number of hydrogen-bond donors (Lipinski definition) is 1. The Bertz CT molecular complexity index is 1460. The standard InChI is InChI=1S/C28H23N3O6S/c1-35-23-13-17(11-12-22(23)36-25(32)15-24-26(33)29-28(34)38-24)27-31-20(18-9-5-6-10-21(18)37-27)14-19(30-31)16-7-3-2-4-8-16/h2-13,20,24,27H,14-15H2,1H3,(H,29,33,34)/t20-,24-,27-/m0/s1. The maximum atomic E-state index is 12.5. The minimum atomic E-state index is -0.806. The van der Waals surface area contributed by atoms with Gasteiger partial charge < -0.3 is 14.2 Å². The molecule has 2 amide bonds. The number of fused-ring (bicyclic) bond motifs is 3. The number of esters is 1. The van der Waals surface area contributed by atoms with Crippen molar-refractivity contribution in [1.29, 1.82) is 0 Å². The average molecular weight is 530 g/mol. The van der Waals surface area contributed by atoms with E-state index in [1.165, 1.54) is 7.11 Å². The second-order valence-corrected chi connectivity index (χ2v) is 10.2. The van der Waals surface area contributed by atoms with Crippen LogP contribution in [0.25, 0.3) is 0 Å². The van der Waals surface area contributed by atoms with Crippen LogP contribution in [0.3, 0.4) is 0 Å². The number of para-hydroxylation sites is 1. The lowest BCUT2D eigenvalue weighted by molar-refractivity contribution is -0.136. The highest BCUT2D eigenvalue weighted by molar-refractivity contribution is 8.15. The Morgan fingerprint density at radius 2 is 1.87 bits per heavy atom. The normalized spacial score (nSPS) is 21.7. The molecule has 0 spiro atoms. The first-order chi connectivity index (χ1) is 18.5. The predicted molar refractivity (Wildman–Crippen MR) is 140 cm³/mol. The number of hydrogen-bond acceptors (Lipinski definition) is 9. The van der Waals surface area contributed by atoms with Gasteiger partial charge in [0.2, 0.25) is 12.1 Å². The van der Waals surface area contributed by atoms with Gasteiger partial charge in [0.1, 0.15) is 11.0 Å². The zero-order valence-electron chi connectivity index (χ0n) is 20.3. The number of amides is 2. The molecular weight excluding hydrogens is 506 g/mol. The summed E-state index contributed by atoms with van der Waals surface area (Å²) in [5, 5.41) is 7.82. The number of benzene rings is 3. The summed E-state index contributed by atoms with van der Waals surface area (Å²) in [5.74, 6) is 0.196. The van der Waals surface area contributed by atoms with Crippen LogP contribution in [0.5, 0.6) is 17.2 Å². The van der Waals surface area contributed by atoms with Crippen molar-refractivity contribution in [3.8, 4) is 17.2 Å². The molecule has 3 atom stereocenters. The van der Waals surface area contributed by atoms with Crippen LogP contribution in [0.15, 0.2) is 77.9 Å². The van der Waals surface area contributed by atoms with Crippen molar-refractivity contribution in [1.82, 2.24) is 10.3 Å². The molecule has 1 fully saturated rings. The van der Waals surface area contributed by atoms with Gasteiger partial charge in [0.15, 0.2) is 11.5 Å². The maximum absolute atomic E-state index is 12.5. The second-order valence-electron chi connectivity index (χ2n) is 8.99. The second kappa shape index (κ2) is 9.86. The van der Waals surface area contributed by atoms with E-state index in [-0.39, 0.29) is 18.2 Å². The number of rotatable bonds is 6. The zero-order chi connectivity index (χ0) is 26.2. The van der Waals surface area contributed by atoms with Crippen molar-refractivity contribution in [2.45, 2.75) is 30.4 Å². The molecule has 3 aromatic carbocycles. The summed E-state index contributed by atoms with van der Waals surface area (Å²) in [4.78, 5) is 35.7. The molecule has 0 saturated carbocycles. The number of thioether (sulfide) groups is 1. The SMILES string of the molecule is COc1cc([C@@H]2Oc3ccccc3[C@@H]3CC(c4ccccc4)=NN32)ccc1OC(=O)C[C@@H]1SC(=O)NC1=O. The summed E-state index contributed by atoms with van der Waals surface area (Å²) in [6, 6.07) is 23.2. The molecule has 0 radical (unpaired) electrons. The molecule has 0 aromatic heterocycles. The van der Waals surface area contributed by atoms with Gasteiger partial charge in [0, 0.05) is 17.5 Å². The molecule has 3 aromatic rings. The zero-order valence-corrected chi connectivity index (χ0v) is 21.1. The summed E-state index contributed by atoms with van der Waals surface area (Å²) in [5.41, 5.74) is 3.89. The van der Waals surface area contributed by atoms with E-state index in [1.54, 1.807) is 18.2 Å². The van der Waals surface area contributed by atoms with Crippen LogP contribution in [0, 0.1) is 0 Å². The molecule has 3 heterocycles. The Morgan fingerprint density at radius 1 is 1.08 bits per heavy atom. The van der Waals surface area contributed by atoms with Crippen molar-refractivity contribution in [3.63, 3.8) is 0 Å². The molecule has 6 rings (SSSR count). The summed E-state index contributed by atoms with van der Waals surface area (Å²) < 4.78 is 17.4. The fraction of sp³-hybridized carbons (Fsp3) is 0.214. The molecule has 3 aliphatic rings. The maximum Gasteiger partial charge on any atom is 0.312 e. The van der Waals surface area contributed by atoms with Crippen LogP contribution < -0.4 is 19.5 Å². The van der Waals surface area contributed by atoms with Crippen molar-refractivity contribution >= 4 is 34.6 Å². The van der Waals surface area contributed by atoms with Gasteiger partial charge in [-0.3, -0.25) is 19.7 Å². The third-order valence-electron chi connectivity index (χ3n) is 6.62. The van der Waals surface area contributed by atoms with E-state index < -0.39 is 28.6 Å². The van der Waals surface area contributed by atoms with Crippen molar-refractivity contribution in [3.05, 3.63) is 89.5 Å². The lowest BCUT2D eigenvalue weighted by Crippen LogP contribution is -2.33. The molecule has 192 valence electrons. The first kappa shape index (κ1) is 24.1. The number of hydrazone groups is 1. The number of carbonyl (C=O) groups is 3. The van der Waals surface area contributed by atoms with Crippen molar-refractivity contribution in [2.75, 3.05) is 7.11 Å². The molecule has 0 aliphatic carbocycles. The van der Waals surface area contributed by atoms with Gasteiger partial charge in [-0.15, -0.1) is 0 Å². The van der Waals surface area contributed by atoms with Gasteiger partial charge in [-0.2, -0.15) is 5.10 Å². The lowest BCUT2D eigenvalue weighted by atomic mass is 9.96. The minimum absolute atomic E-state index is 0.00132. The van der Waals surface area contributed by atoms with Crippen LogP contribution in [-0.2, 0) is 9.59 Å². The van der Waals surface area contributed by atoms with Gasteiger partial charge >= 0.3 is 5.97 Å². The van der Waals surface area contributed by atoms with E-state index in [1.807, 2.05) is 41.4 Å². The molecule has 9 nitrogen and oxygen atoms in total. The number of nitrogens with zero attached hydrogens (tertiary/aromatic N) is 2. The van der Waals surface area contributed by atoms with Crippen LogP contribution in [0.4, 0.5) is 4.79 Å². The van der Waals surface area contributed by atoms with E-state index in [0.717, 1.165) is 46.3 Å². The predicted octanol–water partition coefficient (Wildman–Crippen LogP) is 4.58. The molecule has 10 heteroatoms. The van der Waals surface area contributed by atoms with E-state index >= 15 is 0 Å². The topological polar surface area (TPSA) is 107 Å². The third kappa shape index (κ3) is 4.47. The molecule has 1 saturated heterocycles. The van der Waals surface area contributed by atoms with Gasteiger partial charge in [-0.1, -0.05) is 60.3 Å². The molecule has 0 bridgehead atoms. The lowest BCUT2D eigenvalue weighted by Gasteiger charge is -2.38. The van der Waals surface area contributed by atoms with Crippen LogP contribution >= 0.6 is 11.8 Å². The number of ether oxygens (including phenoxy) is 3.